The van der Waals surface area contributed by atoms with Crippen molar-refractivity contribution >= 4 is 0 Å². The predicted molar refractivity (Wildman–Crippen MR) is 63.9 cm³/mol. The van der Waals surface area contributed by atoms with Crippen LogP contribution in [-0.4, -0.2) is 38.2 Å². The Morgan fingerprint density at radius 3 is 3.19 bits per heavy atom. The zero-order valence-corrected chi connectivity index (χ0v) is 9.70. The quantitative estimate of drug-likeness (QED) is 0.766. The molecule has 0 saturated carbocycles. The highest BCUT2D eigenvalue weighted by Crippen LogP contribution is 2.35. The highest BCUT2D eigenvalue weighted by Gasteiger charge is 2.30. The Labute approximate surface area is 96.4 Å². The van der Waals surface area contributed by atoms with Crippen molar-refractivity contribution in [3.8, 4) is 5.75 Å². The highest BCUT2D eigenvalue weighted by molar-refractivity contribution is 5.44. The van der Waals surface area contributed by atoms with Gasteiger partial charge >= 0.3 is 0 Å². The van der Waals surface area contributed by atoms with Gasteiger partial charge in [-0.05, 0) is 18.1 Å². The number of nitrogens with zero attached hydrogens (tertiary/aromatic N) is 1. The molecule has 2 aliphatic rings. The van der Waals surface area contributed by atoms with Gasteiger partial charge in [0.15, 0.2) is 0 Å². The van der Waals surface area contributed by atoms with E-state index in [9.17, 15) is 0 Å². The maximum Gasteiger partial charge on any atom is 0.122 e. The van der Waals surface area contributed by atoms with Crippen molar-refractivity contribution in [3.05, 3.63) is 29.3 Å². The first-order valence-electron chi connectivity index (χ1n) is 6.00. The fraction of sp³-hybridized carbons (Fsp3) is 0.538. The Hall–Kier alpha value is -1.06. The van der Waals surface area contributed by atoms with E-state index in [1.165, 1.54) is 24.2 Å². The number of nitrogens with one attached hydrogen (secondary N) is 1. The number of fused-ring (bicyclic) bond motifs is 3. The van der Waals surface area contributed by atoms with E-state index in [1.54, 1.807) is 7.11 Å². The van der Waals surface area contributed by atoms with E-state index in [2.05, 4.69) is 28.4 Å². The summed E-state index contributed by atoms with van der Waals surface area (Å²) in [6.07, 6.45) is 1.12. The fourth-order valence-corrected chi connectivity index (χ4v) is 2.93. The van der Waals surface area contributed by atoms with Gasteiger partial charge in [-0.1, -0.05) is 12.1 Å². The lowest BCUT2D eigenvalue weighted by Gasteiger charge is -2.41. The van der Waals surface area contributed by atoms with E-state index < -0.39 is 0 Å². The minimum atomic E-state index is 0.549. The molecule has 0 amide bonds. The molecule has 3 nitrogen and oxygen atoms in total. The third-order valence-corrected chi connectivity index (χ3v) is 3.75. The van der Waals surface area contributed by atoms with Gasteiger partial charge < -0.3 is 10.1 Å². The summed E-state index contributed by atoms with van der Waals surface area (Å²) in [7, 11) is 1.76. The molecular formula is C13H18N2O. The van der Waals surface area contributed by atoms with Crippen molar-refractivity contribution in [1.82, 2.24) is 10.2 Å². The van der Waals surface area contributed by atoms with Crippen LogP contribution in [0.15, 0.2) is 18.2 Å². The van der Waals surface area contributed by atoms with Crippen molar-refractivity contribution < 1.29 is 4.74 Å². The van der Waals surface area contributed by atoms with Gasteiger partial charge in [-0.15, -0.1) is 0 Å². The van der Waals surface area contributed by atoms with Gasteiger partial charge in [-0.25, -0.2) is 0 Å². The lowest BCUT2D eigenvalue weighted by atomic mass is 9.91. The standard InChI is InChI=1S/C13H18N2O/c1-16-13-4-2-3-10-11(13)5-7-15-8-6-14-9-12(10)15/h2-4,12,14H,5-9H2,1H3. The van der Waals surface area contributed by atoms with Crippen LogP contribution >= 0.6 is 0 Å². The number of hydrogen-bond donors (Lipinski definition) is 1. The second-order valence-electron chi connectivity index (χ2n) is 4.53. The first-order chi connectivity index (χ1) is 7.90. The molecule has 0 spiro atoms. The van der Waals surface area contributed by atoms with Crippen molar-refractivity contribution in [2.45, 2.75) is 12.5 Å². The Kier molecular flexibility index (Phi) is 2.58. The number of piperazine rings is 1. The van der Waals surface area contributed by atoms with E-state index >= 15 is 0 Å². The summed E-state index contributed by atoms with van der Waals surface area (Å²) in [5, 5.41) is 3.48. The summed E-state index contributed by atoms with van der Waals surface area (Å²) in [5.74, 6) is 1.06. The van der Waals surface area contributed by atoms with E-state index in [0.717, 1.165) is 25.3 Å². The normalized spacial score (nSPS) is 24.7. The molecule has 1 saturated heterocycles. The van der Waals surface area contributed by atoms with Crippen molar-refractivity contribution in [1.29, 1.82) is 0 Å². The van der Waals surface area contributed by atoms with E-state index in [1.807, 2.05) is 0 Å². The smallest absolute Gasteiger partial charge is 0.122 e. The van der Waals surface area contributed by atoms with Crippen LogP contribution in [0, 0.1) is 0 Å². The van der Waals surface area contributed by atoms with Gasteiger partial charge in [0.25, 0.3) is 0 Å². The van der Waals surface area contributed by atoms with Crippen molar-refractivity contribution in [2.75, 3.05) is 33.3 Å². The monoisotopic (exact) mass is 218 g/mol. The second kappa shape index (κ2) is 4.07. The van der Waals surface area contributed by atoms with Gasteiger partial charge in [0.05, 0.1) is 7.11 Å². The number of rotatable bonds is 1. The Morgan fingerprint density at radius 1 is 1.38 bits per heavy atom. The largest absolute Gasteiger partial charge is 0.496 e. The Balaban J connectivity index is 2.01. The zero-order chi connectivity index (χ0) is 11.0. The lowest BCUT2D eigenvalue weighted by Crippen LogP contribution is -2.48. The molecule has 0 bridgehead atoms. The van der Waals surface area contributed by atoms with E-state index in [-0.39, 0.29) is 0 Å². The van der Waals surface area contributed by atoms with Gasteiger partial charge in [0, 0.05) is 37.8 Å². The number of methoxy groups -OCH3 is 1. The van der Waals surface area contributed by atoms with Crippen LogP contribution in [-0.2, 0) is 6.42 Å². The summed E-state index contributed by atoms with van der Waals surface area (Å²) in [6, 6.07) is 6.98. The summed E-state index contributed by atoms with van der Waals surface area (Å²) < 4.78 is 5.45. The molecule has 1 aromatic rings. The maximum absolute atomic E-state index is 5.45. The average Bonchev–Trinajstić information content (AvgIpc) is 2.37. The fourth-order valence-electron chi connectivity index (χ4n) is 2.93. The first-order valence-corrected chi connectivity index (χ1v) is 6.00. The summed E-state index contributed by atoms with van der Waals surface area (Å²) >= 11 is 0. The lowest BCUT2D eigenvalue weighted by molar-refractivity contribution is 0.150. The van der Waals surface area contributed by atoms with Crippen LogP contribution < -0.4 is 10.1 Å². The molecule has 2 aliphatic heterocycles. The minimum Gasteiger partial charge on any atom is -0.496 e. The predicted octanol–water partition coefficient (Wildman–Crippen LogP) is 1.20. The maximum atomic E-state index is 5.45. The number of hydrogen-bond acceptors (Lipinski definition) is 3. The molecule has 3 heteroatoms. The average molecular weight is 218 g/mol. The molecule has 86 valence electrons. The molecule has 0 aromatic heterocycles. The minimum absolute atomic E-state index is 0.549. The molecule has 2 heterocycles. The summed E-state index contributed by atoms with van der Waals surface area (Å²) in [5.41, 5.74) is 2.87. The van der Waals surface area contributed by atoms with Gasteiger partial charge in [0.2, 0.25) is 0 Å². The molecule has 1 fully saturated rings. The van der Waals surface area contributed by atoms with Crippen molar-refractivity contribution in [3.63, 3.8) is 0 Å². The molecule has 3 rings (SSSR count). The molecule has 1 N–H and O–H groups in total. The Morgan fingerprint density at radius 2 is 2.31 bits per heavy atom. The Bertz CT molecular complexity index is 392. The van der Waals surface area contributed by atoms with Crippen LogP contribution in [0.5, 0.6) is 5.75 Å². The highest BCUT2D eigenvalue weighted by atomic mass is 16.5. The second-order valence-corrected chi connectivity index (χ2v) is 4.53. The van der Waals surface area contributed by atoms with Crippen LogP contribution in [0.2, 0.25) is 0 Å². The third kappa shape index (κ3) is 1.51. The molecule has 1 aromatic carbocycles. The van der Waals surface area contributed by atoms with Crippen LogP contribution in [0.1, 0.15) is 17.2 Å². The van der Waals surface area contributed by atoms with Crippen LogP contribution in [0.25, 0.3) is 0 Å². The molecular weight excluding hydrogens is 200 g/mol. The summed E-state index contributed by atoms with van der Waals surface area (Å²) in [6.45, 7) is 4.52. The topological polar surface area (TPSA) is 24.5 Å². The molecule has 0 aliphatic carbocycles. The van der Waals surface area contributed by atoms with Gasteiger partial charge in [0.1, 0.15) is 5.75 Å². The zero-order valence-electron chi connectivity index (χ0n) is 9.70. The van der Waals surface area contributed by atoms with Crippen molar-refractivity contribution in [2.24, 2.45) is 0 Å². The van der Waals surface area contributed by atoms with Crippen LogP contribution in [0.4, 0.5) is 0 Å². The SMILES string of the molecule is COc1cccc2c1CCN1CCNCC21. The number of ether oxygens (including phenoxy) is 1. The molecule has 0 radical (unpaired) electrons. The van der Waals surface area contributed by atoms with E-state index in [0.29, 0.717) is 6.04 Å². The first kappa shape index (κ1) is 10.1. The van der Waals surface area contributed by atoms with Gasteiger partial charge in [-0.3, -0.25) is 4.90 Å². The molecule has 1 atom stereocenters. The number of benzene rings is 1. The van der Waals surface area contributed by atoms with Gasteiger partial charge in [-0.2, -0.15) is 0 Å². The third-order valence-electron chi connectivity index (χ3n) is 3.75. The molecule has 16 heavy (non-hydrogen) atoms. The summed E-state index contributed by atoms with van der Waals surface area (Å²) in [4.78, 5) is 2.58. The van der Waals surface area contributed by atoms with E-state index in [4.69, 9.17) is 4.74 Å². The molecule has 1 unspecified atom stereocenters. The van der Waals surface area contributed by atoms with Crippen LogP contribution in [0.3, 0.4) is 0 Å².